The highest BCUT2D eigenvalue weighted by Gasteiger charge is 2.25. The molecule has 0 atom stereocenters. The van der Waals surface area contributed by atoms with E-state index in [1.807, 2.05) is 25.7 Å². The smallest absolute Gasteiger partial charge is 0.317 e. The molecule has 0 aromatic heterocycles. The number of ether oxygens (including phenoxy) is 1. The van der Waals surface area contributed by atoms with Gasteiger partial charge in [-0.05, 0) is 46.6 Å². The summed E-state index contributed by atoms with van der Waals surface area (Å²) in [6.07, 6.45) is 3.03. The number of carbonyl (C=O) groups excluding carboxylic acids is 1. The van der Waals surface area contributed by atoms with Crippen molar-refractivity contribution in [1.29, 1.82) is 0 Å². The van der Waals surface area contributed by atoms with Gasteiger partial charge in [0.1, 0.15) is 0 Å². The number of hydrogen-bond acceptors (Lipinski definition) is 3. The summed E-state index contributed by atoms with van der Waals surface area (Å²) in [5.74, 6) is 0. The van der Waals surface area contributed by atoms with Crippen LogP contribution in [0.1, 0.15) is 40.0 Å². The highest BCUT2D eigenvalue weighted by Crippen LogP contribution is 2.14. The van der Waals surface area contributed by atoms with Crippen molar-refractivity contribution in [1.82, 2.24) is 10.2 Å². The van der Waals surface area contributed by atoms with E-state index < -0.39 is 0 Å². The second-order valence-corrected chi connectivity index (χ2v) is 5.88. The number of rotatable bonds is 4. The summed E-state index contributed by atoms with van der Waals surface area (Å²) in [4.78, 5) is 13.8. The lowest BCUT2D eigenvalue weighted by atomic mass is 10.1. The van der Waals surface area contributed by atoms with Crippen molar-refractivity contribution in [2.24, 2.45) is 5.73 Å². The first kappa shape index (κ1) is 15.2. The number of nitrogens with two attached hydrogens (primary N) is 1. The van der Waals surface area contributed by atoms with Crippen LogP contribution in [0.2, 0.25) is 0 Å². The Bertz CT molecular complexity index is 255. The van der Waals surface area contributed by atoms with Crippen molar-refractivity contribution >= 4 is 6.03 Å². The van der Waals surface area contributed by atoms with Gasteiger partial charge in [-0.2, -0.15) is 0 Å². The molecule has 0 spiro atoms. The molecule has 0 saturated carbocycles. The number of nitrogens with zero attached hydrogens (tertiary/aromatic N) is 1. The van der Waals surface area contributed by atoms with Gasteiger partial charge in [-0.3, -0.25) is 0 Å². The van der Waals surface area contributed by atoms with Gasteiger partial charge in [0.2, 0.25) is 0 Å². The third-order valence-electron chi connectivity index (χ3n) is 2.91. The van der Waals surface area contributed by atoms with Crippen LogP contribution in [0, 0.1) is 0 Å². The van der Waals surface area contributed by atoms with Crippen LogP contribution in [0.5, 0.6) is 0 Å². The fourth-order valence-electron chi connectivity index (χ4n) is 1.96. The molecular weight excluding hydrogens is 230 g/mol. The Balaban J connectivity index is 2.24. The molecule has 5 nitrogen and oxygen atoms in total. The number of hydrogen-bond donors (Lipinski definition) is 2. The lowest BCUT2D eigenvalue weighted by Crippen LogP contribution is -2.51. The van der Waals surface area contributed by atoms with Gasteiger partial charge in [-0.1, -0.05) is 0 Å². The van der Waals surface area contributed by atoms with Gasteiger partial charge in [-0.25, -0.2) is 4.79 Å². The highest BCUT2D eigenvalue weighted by molar-refractivity contribution is 5.75. The predicted octanol–water partition coefficient (Wildman–Crippen LogP) is 1.32. The van der Waals surface area contributed by atoms with Gasteiger partial charge in [0.05, 0.1) is 6.10 Å². The molecule has 0 radical (unpaired) electrons. The van der Waals surface area contributed by atoms with Gasteiger partial charge in [0, 0.05) is 25.2 Å². The first-order valence-electron chi connectivity index (χ1n) is 6.81. The molecule has 0 aliphatic carbocycles. The van der Waals surface area contributed by atoms with Crippen LogP contribution in [-0.4, -0.2) is 48.8 Å². The number of amides is 2. The van der Waals surface area contributed by atoms with Crippen molar-refractivity contribution in [3.05, 3.63) is 0 Å². The summed E-state index contributed by atoms with van der Waals surface area (Å²) in [5, 5.41) is 2.99. The fourth-order valence-corrected chi connectivity index (χ4v) is 1.96. The lowest BCUT2D eigenvalue weighted by Gasteiger charge is -2.34. The predicted molar refractivity (Wildman–Crippen MR) is 72.5 cm³/mol. The molecule has 1 aliphatic heterocycles. The molecule has 1 aliphatic rings. The zero-order chi connectivity index (χ0) is 13.6. The molecule has 0 unspecified atom stereocenters. The van der Waals surface area contributed by atoms with E-state index in [1.165, 1.54) is 0 Å². The molecule has 3 N–H and O–H groups in total. The SMILES string of the molecule is CC(C)(C)NC(=O)N1CCC(OCCCN)CC1. The quantitative estimate of drug-likeness (QED) is 0.747. The zero-order valence-corrected chi connectivity index (χ0v) is 11.9. The number of urea groups is 1. The normalized spacial score (nSPS) is 17.9. The third-order valence-corrected chi connectivity index (χ3v) is 2.91. The molecular formula is C13H27N3O2. The molecule has 5 heteroatoms. The second-order valence-electron chi connectivity index (χ2n) is 5.88. The van der Waals surface area contributed by atoms with Gasteiger partial charge >= 0.3 is 6.03 Å². The van der Waals surface area contributed by atoms with Crippen LogP contribution in [0.25, 0.3) is 0 Å². The standard InChI is InChI=1S/C13H27N3O2/c1-13(2,3)15-12(17)16-8-5-11(6-9-16)18-10-4-7-14/h11H,4-10,14H2,1-3H3,(H,15,17). The summed E-state index contributed by atoms with van der Waals surface area (Å²) in [6.45, 7) is 8.93. The minimum atomic E-state index is -0.175. The van der Waals surface area contributed by atoms with Crippen LogP contribution >= 0.6 is 0 Å². The van der Waals surface area contributed by atoms with E-state index in [4.69, 9.17) is 10.5 Å². The topological polar surface area (TPSA) is 67.6 Å². The number of carbonyl (C=O) groups is 1. The van der Waals surface area contributed by atoms with Gasteiger partial charge < -0.3 is 20.7 Å². The van der Waals surface area contributed by atoms with Crippen LogP contribution in [-0.2, 0) is 4.74 Å². The zero-order valence-electron chi connectivity index (χ0n) is 11.9. The fraction of sp³-hybridized carbons (Fsp3) is 0.923. The molecule has 0 bridgehead atoms. The summed E-state index contributed by atoms with van der Waals surface area (Å²) in [5.41, 5.74) is 5.25. The maximum Gasteiger partial charge on any atom is 0.317 e. The first-order chi connectivity index (χ1) is 8.42. The largest absolute Gasteiger partial charge is 0.378 e. The maximum atomic E-state index is 11.9. The van der Waals surface area contributed by atoms with E-state index in [1.54, 1.807) is 0 Å². The second kappa shape index (κ2) is 6.95. The number of piperidine rings is 1. The van der Waals surface area contributed by atoms with Crippen molar-refractivity contribution in [3.8, 4) is 0 Å². The van der Waals surface area contributed by atoms with Crippen molar-refractivity contribution in [3.63, 3.8) is 0 Å². The Hall–Kier alpha value is -0.810. The molecule has 1 heterocycles. The van der Waals surface area contributed by atoms with Crippen molar-refractivity contribution in [2.45, 2.75) is 51.7 Å². The monoisotopic (exact) mass is 257 g/mol. The molecule has 0 aromatic carbocycles. The van der Waals surface area contributed by atoms with E-state index in [0.29, 0.717) is 6.54 Å². The van der Waals surface area contributed by atoms with E-state index >= 15 is 0 Å². The minimum Gasteiger partial charge on any atom is -0.378 e. The molecule has 1 rings (SSSR count). The lowest BCUT2D eigenvalue weighted by molar-refractivity contribution is 0.0141. The molecule has 1 saturated heterocycles. The number of likely N-dealkylation sites (tertiary alicyclic amines) is 1. The summed E-state index contributed by atoms with van der Waals surface area (Å²) in [7, 11) is 0. The molecule has 18 heavy (non-hydrogen) atoms. The average Bonchev–Trinajstić information content (AvgIpc) is 2.28. The Morgan fingerprint density at radius 3 is 2.50 bits per heavy atom. The van der Waals surface area contributed by atoms with E-state index in [2.05, 4.69) is 5.32 Å². The van der Waals surface area contributed by atoms with Gasteiger partial charge in [0.15, 0.2) is 0 Å². The summed E-state index contributed by atoms with van der Waals surface area (Å²) >= 11 is 0. The number of nitrogens with one attached hydrogen (secondary N) is 1. The van der Waals surface area contributed by atoms with Crippen LogP contribution in [0.15, 0.2) is 0 Å². The minimum absolute atomic E-state index is 0.0305. The Labute approximate surface area is 110 Å². The molecule has 1 fully saturated rings. The van der Waals surface area contributed by atoms with Gasteiger partial charge in [0.25, 0.3) is 0 Å². The molecule has 2 amide bonds. The van der Waals surface area contributed by atoms with Crippen LogP contribution < -0.4 is 11.1 Å². The average molecular weight is 257 g/mol. The van der Waals surface area contributed by atoms with Crippen molar-refractivity contribution < 1.29 is 9.53 Å². The summed E-state index contributed by atoms with van der Waals surface area (Å²) in [6, 6.07) is 0.0305. The maximum absolute atomic E-state index is 11.9. The third kappa shape index (κ3) is 5.69. The Morgan fingerprint density at radius 2 is 2.00 bits per heavy atom. The van der Waals surface area contributed by atoms with Gasteiger partial charge in [-0.15, -0.1) is 0 Å². The summed E-state index contributed by atoms with van der Waals surface area (Å²) < 4.78 is 5.71. The van der Waals surface area contributed by atoms with Crippen LogP contribution in [0.3, 0.4) is 0 Å². The van der Waals surface area contributed by atoms with Crippen LogP contribution in [0.4, 0.5) is 4.79 Å². The molecule has 0 aromatic rings. The van der Waals surface area contributed by atoms with E-state index in [9.17, 15) is 4.79 Å². The first-order valence-corrected chi connectivity index (χ1v) is 6.81. The highest BCUT2D eigenvalue weighted by atomic mass is 16.5. The van der Waals surface area contributed by atoms with E-state index in [-0.39, 0.29) is 17.7 Å². The Kier molecular flexibility index (Phi) is 5.88. The molecule has 106 valence electrons. The van der Waals surface area contributed by atoms with E-state index in [0.717, 1.165) is 39.0 Å². The van der Waals surface area contributed by atoms with Crippen molar-refractivity contribution in [2.75, 3.05) is 26.2 Å². The Morgan fingerprint density at radius 1 is 1.39 bits per heavy atom.